The standard InChI is InChI=1S/C20H38N2O6/c1-13(2)7-15-11-27-19(25-5)10-18(24)22-16(8-14(3)4)12-28-20(26-6)9-17(23)21-15/h13-16,19-20H,7-12H2,1-6H3,(H,21,23)(H,22,24)/t15-,16-,19-,20+/m0/s1. The maximum Gasteiger partial charge on any atom is 0.225 e. The first kappa shape index (κ1) is 24.8. The quantitative estimate of drug-likeness (QED) is 0.704. The average molecular weight is 403 g/mol. The van der Waals surface area contributed by atoms with Gasteiger partial charge in [0.25, 0.3) is 0 Å². The Kier molecular flexibility index (Phi) is 11.6. The van der Waals surface area contributed by atoms with Gasteiger partial charge in [0.05, 0.1) is 38.1 Å². The van der Waals surface area contributed by atoms with Crippen LogP contribution in [-0.2, 0) is 28.5 Å². The van der Waals surface area contributed by atoms with E-state index in [0.29, 0.717) is 11.8 Å². The Bertz CT molecular complexity index is 430. The molecule has 1 aliphatic heterocycles. The number of amides is 2. The summed E-state index contributed by atoms with van der Waals surface area (Å²) in [6, 6.07) is -0.357. The van der Waals surface area contributed by atoms with E-state index in [1.54, 1.807) is 0 Å². The molecule has 2 N–H and O–H groups in total. The van der Waals surface area contributed by atoms with Gasteiger partial charge in [0, 0.05) is 14.2 Å². The van der Waals surface area contributed by atoms with Gasteiger partial charge in [-0.15, -0.1) is 0 Å². The number of nitrogens with one attached hydrogen (secondary N) is 2. The van der Waals surface area contributed by atoms with Gasteiger partial charge >= 0.3 is 0 Å². The van der Waals surface area contributed by atoms with Gasteiger partial charge in [-0.05, 0) is 24.7 Å². The molecule has 164 valence electrons. The van der Waals surface area contributed by atoms with Crippen LogP contribution >= 0.6 is 0 Å². The Hall–Kier alpha value is -1.22. The van der Waals surface area contributed by atoms with Crippen LogP contribution in [-0.4, -0.2) is 63.9 Å². The molecular weight excluding hydrogens is 364 g/mol. The molecule has 0 aromatic heterocycles. The van der Waals surface area contributed by atoms with Crippen molar-refractivity contribution in [2.75, 3.05) is 27.4 Å². The Labute approximate surface area is 169 Å². The minimum Gasteiger partial charge on any atom is -0.355 e. The van der Waals surface area contributed by atoms with Crippen LogP contribution in [0.15, 0.2) is 0 Å². The SMILES string of the molecule is CO[C@H]1CC(=O)N[C@@H](CC(C)C)CO[C@H](OC)CC(=O)N[C@@H](CC(C)C)CO1. The zero-order valence-electron chi connectivity index (χ0n) is 18.2. The molecule has 1 heterocycles. The molecule has 8 heteroatoms. The first-order valence-corrected chi connectivity index (χ1v) is 10.1. The van der Waals surface area contributed by atoms with Crippen molar-refractivity contribution in [1.29, 1.82) is 0 Å². The molecule has 0 aromatic rings. The average Bonchev–Trinajstić information content (AvgIpc) is 2.59. The van der Waals surface area contributed by atoms with Crippen molar-refractivity contribution >= 4 is 11.8 Å². The fourth-order valence-corrected chi connectivity index (χ4v) is 3.22. The molecule has 0 spiro atoms. The van der Waals surface area contributed by atoms with Crippen LogP contribution in [0.3, 0.4) is 0 Å². The predicted molar refractivity (Wildman–Crippen MR) is 106 cm³/mol. The van der Waals surface area contributed by atoms with Crippen LogP contribution in [0, 0.1) is 11.8 Å². The molecule has 2 amide bonds. The molecule has 4 atom stereocenters. The van der Waals surface area contributed by atoms with E-state index in [1.165, 1.54) is 14.2 Å². The molecule has 1 saturated heterocycles. The molecule has 1 fully saturated rings. The number of carbonyl (C=O) groups excluding carboxylic acids is 2. The molecule has 0 aromatic carbocycles. The summed E-state index contributed by atoms with van der Waals surface area (Å²) >= 11 is 0. The van der Waals surface area contributed by atoms with Crippen LogP contribution in [0.1, 0.15) is 53.4 Å². The lowest BCUT2D eigenvalue weighted by Crippen LogP contribution is -2.45. The summed E-state index contributed by atoms with van der Waals surface area (Å²) in [6.07, 6.45) is 0.346. The van der Waals surface area contributed by atoms with E-state index in [0.717, 1.165) is 12.8 Å². The van der Waals surface area contributed by atoms with E-state index in [4.69, 9.17) is 18.9 Å². The van der Waals surface area contributed by atoms with Crippen molar-refractivity contribution in [3.8, 4) is 0 Å². The maximum atomic E-state index is 12.4. The lowest BCUT2D eigenvalue weighted by atomic mass is 10.0. The first-order chi connectivity index (χ1) is 13.2. The van der Waals surface area contributed by atoms with Gasteiger partial charge < -0.3 is 29.6 Å². The third kappa shape index (κ3) is 10.4. The maximum absolute atomic E-state index is 12.4. The number of ether oxygens (including phenoxy) is 4. The smallest absolute Gasteiger partial charge is 0.225 e. The van der Waals surface area contributed by atoms with E-state index in [2.05, 4.69) is 38.3 Å². The largest absolute Gasteiger partial charge is 0.355 e. The third-order valence-corrected chi connectivity index (χ3v) is 4.44. The summed E-state index contributed by atoms with van der Waals surface area (Å²) in [7, 11) is 3.02. The summed E-state index contributed by atoms with van der Waals surface area (Å²) in [5, 5.41) is 5.97. The summed E-state index contributed by atoms with van der Waals surface area (Å²) in [5.41, 5.74) is 0. The van der Waals surface area contributed by atoms with E-state index in [1.807, 2.05) is 0 Å². The molecule has 0 saturated carbocycles. The first-order valence-electron chi connectivity index (χ1n) is 10.1. The van der Waals surface area contributed by atoms with Gasteiger partial charge in [0.1, 0.15) is 0 Å². The van der Waals surface area contributed by atoms with Crippen molar-refractivity contribution in [2.24, 2.45) is 11.8 Å². The second-order valence-corrected chi connectivity index (χ2v) is 8.19. The normalized spacial score (nSPS) is 28.7. The lowest BCUT2D eigenvalue weighted by molar-refractivity contribution is -0.161. The van der Waals surface area contributed by atoms with Crippen LogP contribution in [0.25, 0.3) is 0 Å². The zero-order valence-corrected chi connectivity index (χ0v) is 18.2. The molecule has 0 radical (unpaired) electrons. The van der Waals surface area contributed by atoms with E-state index in [9.17, 15) is 9.59 Å². The number of hydrogen-bond acceptors (Lipinski definition) is 6. The topological polar surface area (TPSA) is 95.1 Å². The van der Waals surface area contributed by atoms with E-state index < -0.39 is 12.6 Å². The summed E-state index contributed by atoms with van der Waals surface area (Å²) in [4.78, 5) is 24.9. The Morgan fingerprint density at radius 3 is 1.46 bits per heavy atom. The highest BCUT2D eigenvalue weighted by Gasteiger charge is 2.24. The fourth-order valence-electron chi connectivity index (χ4n) is 3.22. The third-order valence-electron chi connectivity index (χ3n) is 4.44. The number of methoxy groups -OCH3 is 2. The highest BCUT2D eigenvalue weighted by molar-refractivity contribution is 5.77. The Morgan fingerprint density at radius 2 is 1.18 bits per heavy atom. The van der Waals surface area contributed by atoms with Crippen molar-refractivity contribution in [1.82, 2.24) is 10.6 Å². The van der Waals surface area contributed by atoms with Crippen LogP contribution < -0.4 is 10.6 Å². The Balaban J connectivity index is 2.90. The molecule has 0 aliphatic carbocycles. The van der Waals surface area contributed by atoms with Gasteiger partial charge in [0.15, 0.2) is 12.6 Å². The lowest BCUT2D eigenvalue weighted by Gasteiger charge is -2.27. The second kappa shape index (κ2) is 13.1. The van der Waals surface area contributed by atoms with E-state index in [-0.39, 0.29) is 50.0 Å². The predicted octanol–water partition coefficient (Wildman–Crippen LogP) is 1.82. The van der Waals surface area contributed by atoms with Crippen molar-refractivity contribution in [3.05, 3.63) is 0 Å². The summed E-state index contributed by atoms with van der Waals surface area (Å²) in [6.45, 7) is 8.85. The monoisotopic (exact) mass is 402 g/mol. The zero-order chi connectivity index (χ0) is 21.1. The van der Waals surface area contributed by atoms with Crippen molar-refractivity contribution in [3.63, 3.8) is 0 Å². The summed E-state index contributed by atoms with van der Waals surface area (Å²) in [5.74, 6) is 0.444. The van der Waals surface area contributed by atoms with Gasteiger partial charge in [-0.25, -0.2) is 0 Å². The molecule has 1 aliphatic rings. The number of hydrogen-bond donors (Lipinski definition) is 2. The highest BCUT2D eigenvalue weighted by atomic mass is 16.7. The number of carbonyl (C=O) groups is 2. The van der Waals surface area contributed by atoms with E-state index >= 15 is 0 Å². The highest BCUT2D eigenvalue weighted by Crippen LogP contribution is 2.12. The van der Waals surface area contributed by atoms with Gasteiger partial charge in [0.2, 0.25) is 11.8 Å². The second-order valence-electron chi connectivity index (χ2n) is 8.19. The van der Waals surface area contributed by atoms with Crippen molar-refractivity contribution in [2.45, 2.75) is 78.0 Å². The van der Waals surface area contributed by atoms with Gasteiger partial charge in [-0.2, -0.15) is 0 Å². The van der Waals surface area contributed by atoms with Gasteiger partial charge in [-0.1, -0.05) is 27.7 Å². The minimum absolute atomic E-state index is 0.0845. The minimum atomic E-state index is -0.665. The molecule has 28 heavy (non-hydrogen) atoms. The molecule has 0 bridgehead atoms. The van der Waals surface area contributed by atoms with Crippen LogP contribution in [0.4, 0.5) is 0 Å². The Morgan fingerprint density at radius 1 is 0.821 bits per heavy atom. The molecule has 1 rings (SSSR count). The molecule has 0 unspecified atom stereocenters. The fraction of sp³-hybridized carbons (Fsp3) is 0.900. The number of rotatable bonds is 6. The van der Waals surface area contributed by atoms with Gasteiger partial charge in [-0.3, -0.25) is 9.59 Å². The molecule has 8 nitrogen and oxygen atoms in total. The van der Waals surface area contributed by atoms with Crippen molar-refractivity contribution < 1.29 is 28.5 Å². The summed E-state index contributed by atoms with van der Waals surface area (Å²) < 4.78 is 22.2. The van der Waals surface area contributed by atoms with Crippen LogP contribution in [0.2, 0.25) is 0 Å². The van der Waals surface area contributed by atoms with Crippen LogP contribution in [0.5, 0.6) is 0 Å². The molecular formula is C20H38N2O6.